The summed E-state index contributed by atoms with van der Waals surface area (Å²) in [6.07, 6.45) is 24.4. The first-order chi connectivity index (χ1) is 9.58. The largest absolute Gasteiger partial charge is 4.00 e. The molecule has 0 aromatic rings. The summed E-state index contributed by atoms with van der Waals surface area (Å²) in [6, 6.07) is 0. The maximum absolute atomic E-state index is 3.22. The summed E-state index contributed by atoms with van der Waals surface area (Å²) in [5.74, 6) is 1.11. The van der Waals surface area contributed by atoms with Crippen molar-refractivity contribution >= 4 is 24.8 Å². The normalized spacial score (nSPS) is 22.5. The van der Waals surface area contributed by atoms with Crippen LogP contribution in [-0.4, -0.2) is 0 Å². The van der Waals surface area contributed by atoms with Crippen LogP contribution in [-0.2, 0) is 26.2 Å². The molecule has 136 valence electrons. The molecule has 0 amide bonds. The predicted molar refractivity (Wildman–Crippen MR) is 110 cm³/mol. The summed E-state index contributed by atoms with van der Waals surface area (Å²) < 4.78 is 0. The van der Waals surface area contributed by atoms with Gasteiger partial charge in [0.25, 0.3) is 0 Å². The van der Waals surface area contributed by atoms with E-state index in [-0.39, 0.29) is 58.4 Å². The van der Waals surface area contributed by atoms with Crippen molar-refractivity contribution in [1.82, 2.24) is 0 Å². The van der Waals surface area contributed by atoms with Gasteiger partial charge in [0.1, 0.15) is 0 Å². The summed E-state index contributed by atoms with van der Waals surface area (Å²) >= 11 is 0. The van der Waals surface area contributed by atoms with Gasteiger partial charge in [0.05, 0.1) is 0 Å². The van der Waals surface area contributed by atoms with Gasteiger partial charge in [0, 0.05) is 0 Å². The van der Waals surface area contributed by atoms with Crippen molar-refractivity contribution in [3.05, 3.63) is 61.4 Å². The Morgan fingerprint density at radius 3 is 1.29 bits per heavy atom. The van der Waals surface area contributed by atoms with Crippen LogP contribution in [0.1, 0.15) is 59.8 Å². The first-order valence-electron chi connectivity index (χ1n) is 7.96. The third-order valence-corrected chi connectivity index (χ3v) is 3.50. The zero-order valence-corrected chi connectivity index (χ0v) is 20.0. The zero-order valence-electron chi connectivity index (χ0n) is 15.9. The Hall–Kier alpha value is 0.423. The Bertz CT molecular complexity index is 347. The summed E-state index contributed by atoms with van der Waals surface area (Å²) in [4.78, 5) is 0. The maximum atomic E-state index is 3.22. The van der Waals surface area contributed by atoms with Gasteiger partial charge in [-0.1, -0.05) is 58.8 Å². The van der Waals surface area contributed by atoms with E-state index in [0.717, 1.165) is 0 Å². The molecule has 0 nitrogen and oxygen atoms in total. The van der Waals surface area contributed by atoms with Crippen molar-refractivity contribution in [3.63, 3.8) is 0 Å². The van der Waals surface area contributed by atoms with Gasteiger partial charge in [-0.3, -0.25) is 12.2 Å². The molecule has 3 aliphatic rings. The second kappa shape index (κ2) is 19.7. The molecule has 3 heteroatoms. The molecule has 3 aliphatic carbocycles. The Morgan fingerprint density at radius 2 is 1.21 bits per heavy atom. The van der Waals surface area contributed by atoms with Crippen molar-refractivity contribution in [2.75, 3.05) is 0 Å². The van der Waals surface area contributed by atoms with Gasteiger partial charge in [-0.15, -0.1) is 24.8 Å². The van der Waals surface area contributed by atoms with E-state index in [9.17, 15) is 0 Å². The van der Waals surface area contributed by atoms with E-state index in [0.29, 0.717) is 11.8 Å². The predicted octanol–water partition coefficient (Wildman–Crippen LogP) is 7.33. The summed E-state index contributed by atoms with van der Waals surface area (Å²) in [7, 11) is 0. The molecule has 0 aliphatic heterocycles. The van der Waals surface area contributed by atoms with E-state index < -0.39 is 0 Å². The number of rotatable bonds is 0. The minimum absolute atomic E-state index is 0. The molecule has 0 saturated heterocycles. The molecule has 1 saturated carbocycles. The molecule has 0 bridgehead atoms. The van der Waals surface area contributed by atoms with E-state index in [1.54, 1.807) is 0 Å². The fourth-order valence-corrected chi connectivity index (χ4v) is 2.39. The van der Waals surface area contributed by atoms with Gasteiger partial charge in [0.2, 0.25) is 0 Å². The molecule has 3 rings (SSSR count). The molecule has 0 N–H and O–H groups in total. The standard InChI is InChI=1S/2C7H9.C6H11.CH3.2ClH.Zr/c2*1-6-3-4-7(2)5-6;1-2-4-6-5-3-1;;;;/h2*3-4,6H,1-2H3;1H,2-6H2;1H3;2*1H;/q4*-1;;;+4. The number of hydrogen-bond acceptors (Lipinski definition) is 0. The molecule has 0 aromatic heterocycles. The first kappa shape index (κ1) is 32.1. The average molecular weight is 449 g/mol. The molecule has 1 fully saturated rings. The summed E-state index contributed by atoms with van der Waals surface area (Å²) in [5, 5.41) is 0. The quantitative estimate of drug-likeness (QED) is 0.340. The van der Waals surface area contributed by atoms with Gasteiger partial charge >= 0.3 is 26.2 Å². The molecule has 0 heterocycles. The molecular formula is C21H34Cl2Zr. The van der Waals surface area contributed by atoms with Crippen LogP contribution in [0.5, 0.6) is 0 Å². The van der Waals surface area contributed by atoms with E-state index >= 15 is 0 Å². The molecule has 2 atom stereocenters. The van der Waals surface area contributed by atoms with Crippen LogP contribution in [0.2, 0.25) is 0 Å². The minimum atomic E-state index is 0. The van der Waals surface area contributed by atoms with Crippen LogP contribution >= 0.6 is 24.8 Å². The van der Waals surface area contributed by atoms with Gasteiger partial charge in [-0.05, 0) is 0 Å². The third kappa shape index (κ3) is 17.3. The van der Waals surface area contributed by atoms with Gasteiger partial charge in [0.15, 0.2) is 0 Å². The Labute approximate surface area is 183 Å². The molecule has 0 spiro atoms. The van der Waals surface area contributed by atoms with E-state index in [2.05, 4.69) is 70.6 Å². The van der Waals surface area contributed by atoms with Crippen LogP contribution in [0.15, 0.2) is 35.5 Å². The fraction of sp³-hybridized carbons (Fsp3) is 0.524. The number of allylic oxidation sites excluding steroid dienone is 8. The SMILES string of the molecule is CC1=[C-]C(C)C=C1.CC1=[C-]C(C)C=C1.Cl.Cl.[CH-]1CCCCC1.[CH3-].[Zr+4]. The topological polar surface area (TPSA) is 0 Å². The zero-order chi connectivity index (χ0) is 14.8. The second-order valence-corrected chi connectivity index (χ2v) is 5.88. The average Bonchev–Trinajstić information content (AvgIpc) is 3.01. The summed E-state index contributed by atoms with van der Waals surface area (Å²) in [6.45, 7) is 8.40. The molecular weight excluding hydrogens is 414 g/mol. The van der Waals surface area contributed by atoms with Crippen LogP contribution < -0.4 is 0 Å². The maximum Gasteiger partial charge on any atom is 4.00 e. The van der Waals surface area contributed by atoms with Crippen molar-refractivity contribution in [1.29, 1.82) is 0 Å². The Kier molecular flexibility index (Phi) is 26.4. The Morgan fingerprint density at radius 1 is 0.833 bits per heavy atom. The molecule has 0 aromatic carbocycles. The smallest absolute Gasteiger partial charge is 0.358 e. The van der Waals surface area contributed by atoms with E-state index in [1.165, 1.54) is 43.3 Å². The van der Waals surface area contributed by atoms with E-state index in [4.69, 9.17) is 0 Å². The fourth-order valence-electron chi connectivity index (χ4n) is 2.39. The van der Waals surface area contributed by atoms with Crippen molar-refractivity contribution in [2.24, 2.45) is 11.8 Å². The van der Waals surface area contributed by atoms with Crippen LogP contribution in [0.4, 0.5) is 0 Å². The molecule has 24 heavy (non-hydrogen) atoms. The first-order valence-corrected chi connectivity index (χ1v) is 7.96. The second-order valence-electron chi connectivity index (χ2n) is 5.88. The van der Waals surface area contributed by atoms with Crippen molar-refractivity contribution < 1.29 is 26.2 Å². The Balaban J connectivity index is -0.000000116. The van der Waals surface area contributed by atoms with Crippen molar-refractivity contribution in [3.8, 4) is 0 Å². The van der Waals surface area contributed by atoms with E-state index in [1.807, 2.05) is 0 Å². The van der Waals surface area contributed by atoms with Crippen molar-refractivity contribution in [2.45, 2.75) is 59.8 Å². The van der Waals surface area contributed by atoms with Gasteiger partial charge in [-0.2, -0.15) is 25.0 Å². The van der Waals surface area contributed by atoms with Gasteiger partial charge in [-0.25, -0.2) is 23.3 Å². The number of hydrogen-bond donors (Lipinski definition) is 0. The van der Waals surface area contributed by atoms with Crippen LogP contribution in [0, 0.1) is 37.8 Å². The number of halogens is 2. The van der Waals surface area contributed by atoms with Crippen LogP contribution in [0.25, 0.3) is 0 Å². The molecule has 0 radical (unpaired) electrons. The third-order valence-electron chi connectivity index (χ3n) is 3.50. The summed E-state index contributed by atoms with van der Waals surface area (Å²) in [5.41, 5.74) is 2.54. The minimum Gasteiger partial charge on any atom is -0.358 e. The van der Waals surface area contributed by atoms with Gasteiger partial charge < -0.3 is 13.8 Å². The monoisotopic (exact) mass is 446 g/mol. The molecule has 2 unspecified atom stereocenters. The van der Waals surface area contributed by atoms with Crippen LogP contribution in [0.3, 0.4) is 0 Å².